The fourth-order valence-electron chi connectivity index (χ4n) is 1.06. The van der Waals surface area contributed by atoms with Crippen molar-refractivity contribution >= 4 is 6.29 Å². The summed E-state index contributed by atoms with van der Waals surface area (Å²) in [5.74, 6) is -1.67. The summed E-state index contributed by atoms with van der Waals surface area (Å²) < 4.78 is 40.5. The first kappa shape index (κ1) is 10.6. The van der Waals surface area contributed by atoms with Crippen molar-refractivity contribution in [3.8, 4) is 5.75 Å². The SMILES string of the molecule is Cc1cc(F)c(OC(F)F)c(C=O)c1. The third-order valence-electron chi connectivity index (χ3n) is 1.55. The lowest BCUT2D eigenvalue weighted by Gasteiger charge is -2.08. The molecule has 0 N–H and O–H groups in total. The first-order chi connectivity index (χ1) is 6.54. The molecule has 0 aliphatic carbocycles. The van der Waals surface area contributed by atoms with E-state index in [1.165, 1.54) is 6.07 Å². The predicted molar refractivity (Wildman–Crippen MR) is 43.2 cm³/mol. The van der Waals surface area contributed by atoms with Gasteiger partial charge in [-0.15, -0.1) is 0 Å². The molecule has 0 heterocycles. The van der Waals surface area contributed by atoms with E-state index in [1.54, 1.807) is 6.92 Å². The second-order valence-corrected chi connectivity index (χ2v) is 2.66. The lowest BCUT2D eigenvalue weighted by Crippen LogP contribution is -2.06. The number of alkyl halides is 2. The molecule has 5 heteroatoms. The van der Waals surface area contributed by atoms with Crippen molar-refractivity contribution in [2.45, 2.75) is 13.5 Å². The number of halogens is 3. The molecule has 2 nitrogen and oxygen atoms in total. The number of carbonyl (C=O) groups excluding carboxylic acids is 1. The third-order valence-corrected chi connectivity index (χ3v) is 1.55. The van der Waals surface area contributed by atoms with Crippen LogP contribution in [0.3, 0.4) is 0 Å². The van der Waals surface area contributed by atoms with Gasteiger partial charge in [0.2, 0.25) is 0 Å². The lowest BCUT2D eigenvalue weighted by atomic mass is 10.1. The minimum absolute atomic E-state index is 0.220. The third kappa shape index (κ3) is 2.25. The molecule has 0 amide bonds. The quantitative estimate of drug-likeness (QED) is 0.707. The minimum Gasteiger partial charge on any atom is -0.431 e. The number of aldehydes is 1. The summed E-state index contributed by atoms with van der Waals surface area (Å²) in [6, 6.07) is 2.29. The highest BCUT2D eigenvalue weighted by molar-refractivity contribution is 5.79. The lowest BCUT2D eigenvalue weighted by molar-refractivity contribution is -0.0524. The summed E-state index contributed by atoms with van der Waals surface area (Å²) in [6.07, 6.45) is 0.272. The molecular formula is C9H7F3O2. The largest absolute Gasteiger partial charge is 0.431 e. The van der Waals surface area contributed by atoms with E-state index in [2.05, 4.69) is 4.74 Å². The maximum Gasteiger partial charge on any atom is 0.387 e. The summed E-state index contributed by atoms with van der Waals surface area (Å²) in [5, 5.41) is 0. The van der Waals surface area contributed by atoms with Gasteiger partial charge in [-0.1, -0.05) is 0 Å². The van der Waals surface area contributed by atoms with Crippen molar-refractivity contribution < 1.29 is 22.7 Å². The van der Waals surface area contributed by atoms with Crippen LogP contribution in [0.5, 0.6) is 5.75 Å². The van der Waals surface area contributed by atoms with E-state index >= 15 is 0 Å². The Morgan fingerprint density at radius 3 is 2.57 bits per heavy atom. The highest BCUT2D eigenvalue weighted by Crippen LogP contribution is 2.24. The molecule has 0 atom stereocenters. The zero-order chi connectivity index (χ0) is 10.7. The molecule has 1 rings (SSSR count). The summed E-state index contributed by atoms with van der Waals surface area (Å²) in [4.78, 5) is 10.4. The van der Waals surface area contributed by atoms with Gasteiger partial charge in [0.25, 0.3) is 0 Å². The second-order valence-electron chi connectivity index (χ2n) is 2.66. The minimum atomic E-state index is -3.15. The second kappa shape index (κ2) is 4.13. The standard InChI is InChI=1S/C9H7F3O2/c1-5-2-6(4-13)8(7(10)3-5)14-9(11)12/h2-4,9H,1H3. The predicted octanol–water partition coefficient (Wildman–Crippen LogP) is 2.55. The summed E-state index contributed by atoms with van der Waals surface area (Å²) in [6.45, 7) is -1.60. The molecule has 0 aliphatic heterocycles. The molecular weight excluding hydrogens is 197 g/mol. The van der Waals surface area contributed by atoms with Gasteiger partial charge in [-0.25, -0.2) is 4.39 Å². The smallest absolute Gasteiger partial charge is 0.387 e. The molecule has 0 aromatic heterocycles. The van der Waals surface area contributed by atoms with Crippen LogP contribution in [0.2, 0.25) is 0 Å². The molecule has 0 aliphatic rings. The maximum absolute atomic E-state index is 13.0. The van der Waals surface area contributed by atoms with Crippen molar-refractivity contribution in [2.24, 2.45) is 0 Å². The molecule has 0 unspecified atom stereocenters. The maximum atomic E-state index is 13.0. The molecule has 0 bridgehead atoms. The van der Waals surface area contributed by atoms with Crippen LogP contribution in [0, 0.1) is 12.7 Å². The summed E-state index contributed by atoms with van der Waals surface area (Å²) in [5.41, 5.74) is 0.244. The Morgan fingerprint density at radius 1 is 1.43 bits per heavy atom. The average Bonchev–Trinajstić information content (AvgIpc) is 2.08. The van der Waals surface area contributed by atoms with Gasteiger partial charge in [0, 0.05) is 0 Å². The molecule has 0 fully saturated rings. The van der Waals surface area contributed by atoms with E-state index in [0.717, 1.165) is 6.07 Å². The topological polar surface area (TPSA) is 26.3 Å². The Morgan fingerprint density at radius 2 is 2.07 bits per heavy atom. The Labute approximate surface area is 78.3 Å². The van der Waals surface area contributed by atoms with Crippen LogP contribution < -0.4 is 4.74 Å². The molecule has 1 aromatic rings. The number of ether oxygens (including phenoxy) is 1. The molecule has 76 valence electrons. The van der Waals surface area contributed by atoms with Gasteiger partial charge < -0.3 is 4.74 Å². The molecule has 0 spiro atoms. The fourth-order valence-corrected chi connectivity index (χ4v) is 1.06. The Kier molecular flexibility index (Phi) is 3.11. The number of hydrogen-bond donors (Lipinski definition) is 0. The van der Waals surface area contributed by atoms with E-state index < -0.39 is 18.2 Å². The van der Waals surface area contributed by atoms with Crippen LogP contribution in [-0.2, 0) is 0 Å². The number of aryl methyl sites for hydroxylation is 1. The number of benzene rings is 1. The normalized spacial score (nSPS) is 10.4. The van der Waals surface area contributed by atoms with E-state index in [-0.39, 0.29) is 11.8 Å². The van der Waals surface area contributed by atoms with Crippen molar-refractivity contribution in [1.82, 2.24) is 0 Å². The van der Waals surface area contributed by atoms with Crippen LogP contribution in [-0.4, -0.2) is 12.9 Å². The zero-order valence-electron chi connectivity index (χ0n) is 7.26. The van der Waals surface area contributed by atoms with Gasteiger partial charge in [-0.05, 0) is 24.6 Å². The summed E-state index contributed by atoms with van der Waals surface area (Å²) >= 11 is 0. The van der Waals surface area contributed by atoms with E-state index in [9.17, 15) is 18.0 Å². The average molecular weight is 204 g/mol. The van der Waals surface area contributed by atoms with Gasteiger partial charge in [0.15, 0.2) is 17.9 Å². The van der Waals surface area contributed by atoms with E-state index in [0.29, 0.717) is 5.56 Å². The van der Waals surface area contributed by atoms with Crippen molar-refractivity contribution in [3.05, 3.63) is 29.1 Å². The Balaban J connectivity index is 3.18. The molecule has 1 aromatic carbocycles. The van der Waals surface area contributed by atoms with Crippen LogP contribution in [0.15, 0.2) is 12.1 Å². The van der Waals surface area contributed by atoms with Gasteiger partial charge >= 0.3 is 6.61 Å². The molecule has 14 heavy (non-hydrogen) atoms. The van der Waals surface area contributed by atoms with E-state index in [4.69, 9.17) is 0 Å². The zero-order valence-corrected chi connectivity index (χ0v) is 7.26. The molecule has 0 saturated carbocycles. The van der Waals surface area contributed by atoms with Gasteiger partial charge in [0.1, 0.15) is 0 Å². The Hall–Kier alpha value is -1.52. The molecule has 0 saturated heterocycles. The summed E-state index contributed by atoms with van der Waals surface area (Å²) in [7, 11) is 0. The van der Waals surface area contributed by atoms with Crippen LogP contribution in [0.25, 0.3) is 0 Å². The van der Waals surface area contributed by atoms with Crippen LogP contribution in [0.4, 0.5) is 13.2 Å². The highest BCUT2D eigenvalue weighted by Gasteiger charge is 2.15. The fraction of sp³-hybridized carbons (Fsp3) is 0.222. The van der Waals surface area contributed by atoms with Crippen molar-refractivity contribution in [2.75, 3.05) is 0 Å². The van der Waals surface area contributed by atoms with Crippen LogP contribution >= 0.6 is 0 Å². The number of rotatable bonds is 3. The van der Waals surface area contributed by atoms with Crippen molar-refractivity contribution in [3.63, 3.8) is 0 Å². The first-order valence-electron chi connectivity index (χ1n) is 3.74. The molecule has 0 radical (unpaired) electrons. The van der Waals surface area contributed by atoms with Gasteiger partial charge in [-0.3, -0.25) is 4.79 Å². The number of carbonyl (C=O) groups is 1. The van der Waals surface area contributed by atoms with Crippen LogP contribution in [0.1, 0.15) is 15.9 Å². The van der Waals surface area contributed by atoms with Gasteiger partial charge in [0.05, 0.1) is 5.56 Å². The van der Waals surface area contributed by atoms with E-state index in [1.807, 2.05) is 0 Å². The van der Waals surface area contributed by atoms with Crippen molar-refractivity contribution in [1.29, 1.82) is 0 Å². The van der Waals surface area contributed by atoms with Gasteiger partial charge in [-0.2, -0.15) is 8.78 Å². The monoisotopic (exact) mass is 204 g/mol. The Bertz CT molecular complexity index is 350. The highest BCUT2D eigenvalue weighted by atomic mass is 19.3. The first-order valence-corrected chi connectivity index (χ1v) is 3.74. The number of hydrogen-bond acceptors (Lipinski definition) is 2.